The van der Waals surface area contributed by atoms with Gasteiger partial charge in [-0.05, 0) is 47.9 Å². The van der Waals surface area contributed by atoms with Crippen LogP contribution in [0, 0.1) is 17.8 Å². The predicted molar refractivity (Wildman–Crippen MR) is 88.7 cm³/mol. The summed E-state index contributed by atoms with van der Waals surface area (Å²) in [7, 11) is 0. The Morgan fingerprint density at radius 1 is 1.39 bits per heavy atom. The van der Waals surface area contributed by atoms with Crippen LogP contribution >= 0.6 is 11.6 Å². The van der Waals surface area contributed by atoms with Crippen molar-refractivity contribution in [3.05, 3.63) is 70.6 Å². The molecule has 114 valence electrons. The Bertz CT molecular complexity index is 797. The molecule has 23 heavy (non-hydrogen) atoms. The zero-order valence-electron chi connectivity index (χ0n) is 12.3. The number of amides is 1. The molecule has 1 aliphatic heterocycles. The van der Waals surface area contributed by atoms with Gasteiger partial charge in [-0.3, -0.25) is 4.79 Å². The van der Waals surface area contributed by atoms with Crippen LogP contribution in [0.3, 0.4) is 0 Å². The summed E-state index contributed by atoms with van der Waals surface area (Å²) in [6.45, 7) is 0.486. The monoisotopic (exact) mass is 323 g/mol. The lowest BCUT2D eigenvalue weighted by molar-refractivity contribution is -0.118. The molecule has 2 N–H and O–H groups in total. The topological polar surface area (TPSA) is 70.1 Å². The Labute approximate surface area is 140 Å². The van der Waals surface area contributed by atoms with Gasteiger partial charge in [0.25, 0.3) is 0 Å². The third-order valence-corrected chi connectivity index (χ3v) is 4.06. The Hall–Kier alpha value is -2.51. The van der Waals surface area contributed by atoms with Crippen molar-refractivity contribution in [2.24, 2.45) is 5.73 Å². The number of hydrogen-bond donors (Lipinski definition) is 1. The highest BCUT2D eigenvalue weighted by atomic mass is 35.5. The molecule has 5 heteroatoms. The summed E-state index contributed by atoms with van der Waals surface area (Å²) in [4.78, 5) is 13.7. The van der Waals surface area contributed by atoms with Crippen LogP contribution in [0.1, 0.15) is 16.7 Å². The number of carbonyl (C=O) groups is 1. The van der Waals surface area contributed by atoms with Gasteiger partial charge in [-0.1, -0.05) is 23.7 Å². The number of hydrogen-bond acceptors (Lipinski definition) is 3. The fraction of sp³-hybridized carbons (Fsp3) is 0.167. The molecule has 0 saturated heterocycles. The lowest BCUT2D eigenvalue weighted by Crippen LogP contribution is -2.47. The van der Waals surface area contributed by atoms with Gasteiger partial charge in [0, 0.05) is 23.7 Å². The number of nitriles is 1. The molecule has 1 heterocycles. The molecule has 2 radical (unpaired) electrons. The fourth-order valence-corrected chi connectivity index (χ4v) is 3.01. The lowest BCUT2D eigenvalue weighted by atomic mass is 9.93. The second-order valence-electron chi connectivity index (χ2n) is 5.40. The number of halogens is 1. The molecule has 1 aliphatic rings. The Morgan fingerprint density at radius 3 is 2.91 bits per heavy atom. The van der Waals surface area contributed by atoms with E-state index in [2.05, 4.69) is 12.5 Å². The maximum Gasteiger partial charge on any atom is 0.240 e. The molecule has 2 aromatic rings. The molecule has 0 bridgehead atoms. The molecule has 4 nitrogen and oxygen atoms in total. The zero-order valence-corrected chi connectivity index (χ0v) is 13.0. The minimum Gasteiger partial charge on any atom is -0.368 e. The highest BCUT2D eigenvalue weighted by Gasteiger charge is 2.30. The molecule has 1 unspecified atom stereocenters. The van der Waals surface area contributed by atoms with E-state index in [0.29, 0.717) is 23.6 Å². The van der Waals surface area contributed by atoms with Crippen LogP contribution in [0.4, 0.5) is 5.69 Å². The Kier molecular flexibility index (Phi) is 4.22. The van der Waals surface area contributed by atoms with Crippen molar-refractivity contribution in [1.29, 1.82) is 5.26 Å². The molecule has 0 aromatic heterocycles. The van der Waals surface area contributed by atoms with Crippen molar-refractivity contribution in [2.75, 3.05) is 4.90 Å². The van der Waals surface area contributed by atoms with Gasteiger partial charge in [-0.15, -0.1) is 0 Å². The SMILES string of the molecule is N#Cc1ccc2c(c1)C[C]C(C(N)=O)N2Cc1cccc(Cl)c1. The van der Waals surface area contributed by atoms with Crippen LogP contribution in [-0.2, 0) is 17.8 Å². The fourth-order valence-electron chi connectivity index (χ4n) is 2.80. The van der Waals surface area contributed by atoms with Gasteiger partial charge in [0.2, 0.25) is 5.91 Å². The molecule has 0 aliphatic carbocycles. The zero-order chi connectivity index (χ0) is 16.4. The van der Waals surface area contributed by atoms with Crippen LogP contribution in [0.25, 0.3) is 0 Å². The number of rotatable bonds is 3. The molecule has 3 rings (SSSR count). The van der Waals surface area contributed by atoms with Gasteiger partial charge in [-0.2, -0.15) is 5.26 Å². The Balaban J connectivity index is 2.00. The number of anilines is 1. The van der Waals surface area contributed by atoms with E-state index in [9.17, 15) is 4.79 Å². The first-order valence-corrected chi connectivity index (χ1v) is 7.53. The number of benzene rings is 2. The van der Waals surface area contributed by atoms with E-state index in [1.165, 1.54) is 0 Å². The second-order valence-corrected chi connectivity index (χ2v) is 5.84. The first-order valence-electron chi connectivity index (χ1n) is 7.15. The van der Waals surface area contributed by atoms with Gasteiger partial charge in [0.05, 0.1) is 11.6 Å². The van der Waals surface area contributed by atoms with E-state index in [1.807, 2.05) is 35.2 Å². The molecule has 2 aromatic carbocycles. The van der Waals surface area contributed by atoms with E-state index < -0.39 is 11.9 Å². The maximum absolute atomic E-state index is 11.8. The van der Waals surface area contributed by atoms with Crippen molar-refractivity contribution >= 4 is 23.2 Å². The van der Waals surface area contributed by atoms with Gasteiger partial charge < -0.3 is 10.6 Å². The minimum absolute atomic E-state index is 0.443. The molecule has 1 amide bonds. The van der Waals surface area contributed by atoms with Gasteiger partial charge >= 0.3 is 0 Å². The molecule has 0 spiro atoms. The summed E-state index contributed by atoms with van der Waals surface area (Å²) in [5, 5.41) is 9.68. The van der Waals surface area contributed by atoms with Gasteiger partial charge in [0.15, 0.2) is 0 Å². The van der Waals surface area contributed by atoms with Gasteiger partial charge in [0.1, 0.15) is 6.04 Å². The smallest absolute Gasteiger partial charge is 0.240 e. The number of fused-ring (bicyclic) bond motifs is 1. The molecular formula is C18H14ClN3O. The maximum atomic E-state index is 11.8. The van der Waals surface area contributed by atoms with Crippen LogP contribution in [0.15, 0.2) is 42.5 Å². The van der Waals surface area contributed by atoms with Crippen LogP contribution in [0.5, 0.6) is 0 Å². The highest BCUT2D eigenvalue weighted by molar-refractivity contribution is 6.30. The van der Waals surface area contributed by atoms with E-state index >= 15 is 0 Å². The van der Waals surface area contributed by atoms with Crippen molar-refractivity contribution in [1.82, 2.24) is 0 Å². The largest absolute Gasteiger partial charge is 0.368 e. The summed E-state index contributed by atoms with van der Waals surface area (Å²) in [5.41, 5.74) is 8.95. The van der Waals surface area contributed by atoms with Crippen molar-refractivity contribution < 1.29 is 4.79 Å². The third kappa shape index (κ3) is 3.15. The number of primary amides is 1. The van der Waals surface area contributed by atoms with Crippen molar-refractivity contribution in [3.8, 4) is 6.07 Å². The summed E-state index contributed by atoms with van der Waals surface area (Å²) in [5.74, 6) is -0.443. The summed E-state index contributed by atoms with van der Waals surface area (Å²) >= 11 is 6.04. The average molecular weight is 324 g/mol. The predicted octanol–water partition coefficient (Wildman–Crippen LogP) is 2.71. The van der Waals surface area contributed by atoms with E-state index in [1.54, 1.807) is 12.1 Å². The third-order valence-electron chi connectivity index (χ3n) is 3.83. The van der Waals surface area contributed by atoms with Crippen LogP contribution in [-0.4, -0.2) is 11.9 Å². The van der Waals surface area contributed by atoms with Crippen LogP contribution in [0.2, 0.25) is 5.02 Å². The van der Waals surface area contributed by atoms with E-state index in [4.69, 9.17) is 22.6 Å². The van der Waals surface area contributed by atoms with Crippen LogP contribution < -0.4 is 10.6 Å². The average Bonchev–Trinajstić information content (AvgIpc) is 2.54. The number of nitrogens with two attached hydrogens (primary N) is 1. The van der Waals surface area contributed by atoms with Crippen molar-refractivity contribution in [2.45, 2.75) is 19.0 Å². The standard InChI is InChI=1S/C18H14ClN3O/c19-15-3-1-2-13(9-15)11-22-16-6-4-12(10-20)8-14(16)5-7-17(22)18(21)23/h1-4,6,8-9,17H,5,11H2,(H2,21,23). The molecular weight excluding hydrogens is 310 g/mol. The lowest BCUT2D eigenvalue weighted by Gasteiger charge is -2.37. The Morgan fingerprint density at radius 2 is 2.22 bits per heavy atom. The minimum atomic E-state index is -0.602. The molecule has 1 atom stereocenters. The highest BCUT2D eigenvalue weighted by Crippen LogP contribution is 2.32. The number of nitrogens with zero attached hydrogens (tertiary/aromatic N) is 2. The first-order chi connectivity index (χ1) is 11.1. The first kappa shape index (κ1) is 15.4. The quantitative estimate of drug-likeness (QED) is 0.944. The van der Waals surface area contributed by atoms with E-state index in [-0.39, 0.29) is 0 Å². The number of carbonyl (C=O) groups excluding carboxylic acids is 1. The van der Waals surface area contributed by atoms with Gasteiger partial charge in [-0.25, -0.2) is 0 Å². The summed E-state index contributed by atoms with van der Waals surface area (Å²) < 4.78 is 0. The second kappa shape index (κ2) is 6.31. The summed E-state index contributed by atoms with van der Waals surface area (Å²) in [6.07, 6.45) is 3.61. The molecule has 0 saturated carbocycles. The van der Waals surface area contributed by atoms with Crippen molar-refractivity contribution in [3.63, 3.8) is 0 Å². The summed E-state index contributed by atoms with van der Waals surface area (Å²) in [6, 6.07) is 14.4. The normalized spacial score (nSPS) is 16.5. The molecule has 0 fully saturated rings. The van der Waals surface area contributed by atoms with E-state index in [0.717, 1.165) is 16.8 Å².